The molecule has 0 aromatic carbocycles. The number of rotatable bonds is 7. The molecule has 2 aromatic rings. The summed E-state index contributed by atoms with van der Waals surface area (Å²) in [6.07, 6.45) is 4.82. The third kappa shape index (κ3) is 4.27. The number of nitrogens with zero attached hydrogens (tertiary/aromatic N) is 5. The molecule has 0 saturated carbocycles. The molecule has 136 valence electrons. The van der Waals surface area contributed by atoms with Crippen molar-refractivity contribution in [3.8, 4) is 0 Å². The minimum absolute atomic E-state index is 0.166. The predicted molar refractivity (Wildman–Crippen MR) is 93.1 cm³/mol. The summed E-state index contributed by atoms with van der Waals surface area (Å²) in [4.78, 5) is 19.0. The van der Waals surface area contributed by atoms with Crippen LogP contribution in [0.4, 0.5) is 0 Å². The van der Waals surface area contributed by atoms with Gasteiger partial charge in [-0.2, -0.15) is 10.1 Å². The number of hydrogen-bond donors (Lipinski definition) is 0. The molecule has 1 aliphatic heterocycles. The summed E-state index contributed by atoms with van der Waals surface area (Å²) in [6.45, 7) is 7.74. The zero-order chi connectivity index (χ0) is 17.8. The van der Waals surface area contributed by atoms with Crippen LogP contribution in [-0.4, -0.2) is 43.3 Å². The summed E-state index contributed by atoms with van der Waals surface area (Å²) in [5, 5.41) is 8.47. The minimum atomic E-state index is 0.166. The van der Waals surface area contributed by atoms with Gasteiger partial charge in [-0.1, -0.05) is 12.1 Å². The van der Waals surface area contributed by atoms with Crippen molar-refractivity contribution in [2.45, 2.75) is 71.9 Å². The van der Waals surface area contributed by atoms with Crippen molar-refractivity contribution < 1.29 is 9.32 Å². The maximum absolute atomic E-state index is 12.6. The lowest BCUT2D eigenvalue weighted by Gasteiger charge is -2.25. The SMILES string of the molecule is CCCc1noc(CCC(=O)N2CCC[C@@H]2Cn2nc(C)cc2C)n1. The first kappa shape index (κ1) is 17.6. The van der Waals surface area contributed by atoms with Gasteiger partial charge in [0.1, 0.15) is 0 Å². The molecule has 0 radical (unpaired) electrons. The minimum Gasteiger partial charge on any atom is -0.339 e. The van der Waals surface area contributed by atoms with Crippen molar-refractivity contribution in [3.05, 3.63) is 29.2 Å². The summed E-state index contributed by atoms with van der Waals surface area (Å²) in [6, 6.07) is 2.30. The van der Waals surface area contributed by atoms with Gasteiger partial charge in [0.05, 0.1) is 18.3 Å². The van der Waals surface area contributed by atoms with Crippen LogP contribution in [0.5, 0.6) is 0 Å². The molecule has 0 bridgehead atoms. The molecule has 0 aliphatic carbocycles. The largest absolute Gasteiger partial charge is 0.339 e. The molecule has 1 saturated heterocycles. The first-order valence-corrected chi connectivity index (χ1v) is 9.18. The predicted octanol–water partition coefficient (Wildman–Crippen LogP) is 2.46. The number of aryl methyl sites for hydroxylation is 4. The third-order valence-electron chi connectivity index (χ3n) is 4.72. The summed E-state index contributed by atoms with van der Waals surface area (Å²) < 4.78 is 7.24. The van der Waals surface area contributed by atoms with Gasteiger partial charge >= 0.3 is 0 Å². The molecule has 2 aromatic heterocycles. The highest BCUT2D eigenvalue weighted by atomic mass is 16.5. The fourth-order valence-corrected chi connectivity index (χ4v) is 3.49. The van der Waals surface area contributed by atoms with Gasteiger partial charge in [-0.15, -0.1) is 0 Å². The molecule has 7 nitrogen and oxygen atoms in total. The molecule has 0 unspecified atom stereocenters. The Hall–Kier alpha value is -2.18. The second-order valence-electron chi connectivity index (χ2n) is 6.85. The Balaban J connectivity index is 1.55. The summed E-state index contributed by atoms with van der Waals surface area (Å²) >= 11 is 0. The van der Waals surface area contributed by atoms with Gasteiger partial charge in [-0.25, -0.2) is 0 Å². The molecule has 7 heteroatoms. The lowest BCUT2D eigenvalue weighted by atomic mass is 10.2. The highest BCUT2D eigenvalue weighted by Gasteiger charge is 2.29. The van der Waals surface area contributed by atoms with E-state index in [1.54, 1.807) is 0 Å². The van der Waals surface area contributed by atoms with Crippen molar-refractivity contribution in [2.24, 2.45) is 0 Å². The summed E-state index contributed by atoms with van der Waals surface area (Å²) in [7, 11) is 0. The molecule has 3 heterocycles. The normalized spacial score (nSPS) is 17.4. The van der Waals surface area contributed by atoms with E-state index in [0.717, 1.165) is 56.0 Å². The van der Waals surface area contributed by atoms with E-state index in [1.807, 2.05) is 16.5 Å². The number of carbonyl (C=O) groups excluding carboxylic acids is 1. The Morgan fingerprint density at radius 1 is 1.36 bits per heavy atom. The second kappa shape index (κ2) is 7.80. The fourth-order valence-electron chi connectivity index (χ4n) is 3.49. The first-order valence-electron chi connectivity index (χ1n) is 9.18. The smallest absolute Gasteiger partial charge is 0.227 e. The number of likely N-dealkylation sites (tertiary alicyclic amines) is 1. The number of amides is 1. The Labute approximate surface area is 148 Å². The molecule has 25 heavy (non-hydrogen) atoms. The maximum atomic E-state index is 12.6. The van der Waals surface area contributed by atoms with Crippen molar-refractivity contribution in [2.75, 3.05) is 6.54 Å². The quantitative estimate of drug-likeness (QED) is 0.770. The number of hydrogen-bond acceptors (Lipinski definition) is 5. The standard InChI is InChI=1S/C18H27N5O2/c1-4-6-16-19-17(25-21-16)8-9-18(24)22-10-5-7-15(22)12-23-14(3)11-13(2)20-23/h11,15H,4-10,12H2,1-3H3/t15-/m1/s1. The molecule has 1 atom stereocenters. The lowest BCUT2D eigenvalue weighted by Crippen LogP contribution is -2.38. The maximum Gasteiger partial charge on any atom is 0.227 e. The summed E-state index contributed by atoms with van der Waals surface area (Å²) in [5.74, 6) is 1.46. The van der Waals surface area contributed by atoms with Gasteiger partial charge in [-0.3, -0.25) is 9.48 Å². The average Bonchev–Trinajstić information content (AvgIpc) is 3.28. The van der Waals surface area contributed by atoms with E-state index in [2.05, 4.69) is 35.2 Å². The van der Waals surface area contributed by atoms with E-state index in [9.17, 15) is 4.79 Å². The number of aromatic nitrogens is 4. The van der Waals surface area contributed by atoms with Gasteiger partial charge in [0.2, 0.25) is 11.8 Å². The molecular formula is C18H27N5O2. The molecule has 0 N–H and O–H groups in total. The zero-order valence-corrected chi connectivity index (χ0v) is 15.4. The van der Waals surface area contributed by atoms with Gasteiger partial charge in [0.15, 0.2) is 5.82 Å². The van der Waals surface area contributed by atoms with Gasteiger partial charge in [-0.05, 0) is 39.2 Å². The highest BCUT2D eigenvalue weighted by molar-refractivity contribution is 5.77. The van der Waals surface area contributed by atoms with E-state index in [1.165, 1.54) is 0 Å². The van der Waals surface area contributed by atoms with Crippen molar-refractivity contribution in [1.29, 1.82) is 0 Å². The van der Waals surface area contributed by atoms with Crippen LogP contribution >= 0.6 is 0 Å². The second-order valence-corrected chi connectivity index (χ2v) is 6.85. The Morgan fingerprint density at radius 3 is 2.92 bits per heavy atom. The van der Waals surface area contributed by atoms with Crippen LogP contribution in [0.1, 0.15) is 55.7 Å². The van der Waals surface area contributed by atoms with Crippen molar-refractivity contribution in [1.82, 2.24) is 24.8 Å². The molecule has 1 fully saturated rings. The van der Waals surface area contributed by atoms with Crippen molar-refractivity contribution in [3.63, 3.8) is 0 Å². The van der Waals surface area contributed by atoms with Gasteiger partial charge in [0.25, 0.3) is 0 Å². The topological polar surface area (TPSA) is 77.0 Å². The molecular weight excluding hydrogens is 318 g/mol. The van der Waals surface area contributed by atoms with E-state index in [0.29, 0.717) is 18.7 Å². The van der Waals surface area contributed by atoms with Crippen LogP contribution in [0.3, 0.4) is 0 Å². The van der Waals surface area contributed by atoms with Crippen LogP contribution in [0.15, 0.2) is 10.6 Å². The molecule has 1 amide bonds. The number of carbonyl (C=O) groups is 1. The van der Waals surface area contributed by atoms with Crippen LogP contribution in [0.2, 0.25) is 0 Å². The molecule has 0 spiro atoms. The van der Waals surface area contributed by atoms with Crippen LogP contribution in [0.25, 0.3) is 0 Å². The van der Waals surface area contributed by atoms with E-state index in [4.69, 9.17) is 4.52 Å². The van der Waals surface area contributed by atoms with Crippen LogP contribution < -0.4 is 0 Å². The van der Waals surface area contributed by atoms with Gasteiger partial charge in [0, 0.05) is 31.5 Å². The summed E-state index contributed by atoms with van der Waals surface area (Å²) in [5.41, 5.74) is 2.17. The fraction of sp³-hybridized carbons (Fsp3) is 0.667. The Morgan fingerprint density at radius 2 is 2.20 bits per heavy atom. The first-order chi connectivity index (χ1) is 12.1. The van der Waals surface area contributed by atoms with E-state index < -0.39 is 0 Å². The lowest BCUT2D eigenvalue weighted by molar-refractivity contribution is -0.132. The van der Waals surface area contributed by atoms with E-state index >= 15 is 0 Å². The highest BCUT2D eigenvalue weighted by Crippen LogP contribution is 2.21. The van der Waals surface area contributed by atoms with E-state index in [-0.39, 0.29) is 11.9 Å². The van der Waals surface area contributed by atoms with Crippen molar-refractivity contribution >= 4 is 5.91 Å². The Kier molecular flexibility index (Phi) is 5.50. The average molecular weight is 345 g/mol. The molecule has 3 rings (SSSR count). The van der Waals surface area contributed by atoms with Crippen LogP contribution in [0, 0.1) is 13.8 Å². The van der Waals surface area contributed by atoms with Crippen LogP contribution in [-0.2, 0) is 24.2 Å². The Bertz CT molecular complexity index is 721. The third-order valence-corrected chi connectivity index (χ3v) is 4.72. The molecule has 1 aliphatic rings. The zero-order valence-electron chi connectivity index (χ0n) is 15.4. The van der Waals surface area contributed by atoms with Gasteiger partial charge < -0.3 is 9.42 Å². The monoisotopic (exact) mass is 345 g/mol.